The Bertz CT molecular complexity index is 389. The van der Waals surface area contributed by atoms with E-state index < -0.39 is 25.2 Å². The molecular weight excluding hydrogens is 228 g/mol. The first-order valence-corrected chi connectivity index (χ1v) is 7.08. The number of hydrogen-bond donors (Lipinski definition) is 0. The van der Waals surface area contributed by atoms with Crippen LogP contribution in [-0.2, 0) is 14.3 Å². The Hall–Kier alpha value is -0.570. The van der Waals surface area contributed by atoms with Gasteiger partial charge >= 0.3 is 5.97 Å². The number of esters is 1. The quantitative estimate of drug-likeness (QED) is 0.304. The van der Waals surface area contributed by atoms with Crippen molar-refractivity contribution in [2.75, 3.05) is 13.1 Å². The second kappa shape index (κ2) is 10.4. The zero-order valence-corrected chi connectivity index (χ0v) is 11.3. The average Bonchev–Trinajstić information content (AvgIpc) is 2.97. The lowest BCUT2D eigenvalue weighted by molar-refractivity contribution is -0.144. The molecule has 0 radical (unpaired) electrons. The number of unbranched alkanes of at least 4 members (excludes halogenated alkanes) is 8. The van der Waals surface area contributed by atoms with Gasteiger partial charge in [-0.15, -0.1) is 0 Å². The SMILES string of the molecule is [2H]C([2H])(OC(=O)CCCCCCCCCCC)C1([2H])OC1([2H])[2H]. The van der Waals surface area contributed by atoms with E-state index in [-0.39, 0.29) is 6.42 Å². The van der Waals surface area contributed by atoms with Gasteiger partial charge in [0, 0.05) is 6.42 Å². The minimum absolute atomic E-state index is 0.0778. The molecule has 0 amide bonds. The second-order valence-electron chi connectivity index (χ2n) is 4.69. The van der Waals surface area contributed by atoms with Gasteiger partial charge in [-0.25, -0.2) is 0 Å². The summed E-state index contributed by atoms with van der Waals surface area (Å²) in [5.41, 5.74) is 0. The summed E-state index contributed by atoms with van der Waals surface area (Å²) in [7, 11) is 0. The van der Waals surface area contributed by atoms with E-state index in [9.17, 15) is 4.79 Å². The van der Waals surface area contributed by atoms with Crippen molar-refractivity contribution in [2.24, 2.45) is 0 Å². The van der Waals surface area contributed by atoms with Crippen LogP contribution in [-0.4, -0.2) is 25.2 Å². The second-order valence-corrected chi connectivity index (χ2v) is 4.69. The van der Waals surface area contributed by atoms with Gasteiger partial charge in [-0.2, -0.15) is 0 Å². The number of rotatable bonds is 12. The maximum Gasteiger partial charge on any atom is 0.305 e. The average molecular weight is 261 g/mol. The number of carbonyl (C=O) groups is 1. The highest BCUT2D eigenvalue weighted by molar-refractivity contribution is 5.69. The van der Waals surface area contributed by atoms with Gasteiger partial charge < -0.3 is 9.47 Å². The first-order chi connectivity index (χ1) is 10.7. The molecule has 1 fully saturated rings. The van der Waals surface area contributed by atoms with Crippen LogP contribution in [0, 0.1) is 0 Å². The fourth-order valence-electron chi connectivity index (χ4n) is 1.80. The smallest absolute Gasteiger partial charge is 0.305 e. The maximum atomic E-state index is 11.6. The lowest BCUT2D eigenvalue weighted by Crippen LogP contribution is -2.09. The van der Waals surface area contributed by atoms with E-state index in [0.717, 1.165) is 19.3 Å². The largest absolute Gasteiger partial charge is 0.463 e. The Morgan fingerprint density at radius 3 is 2.39 bits per heavy atom. The first kappa shape index (κ1) is 9.35. The van der Waals surface area contributed by atoms with Crippen LogP contribution in [0.5, 0.6) is 0 Å². The minimum Gasteiger partial charge on any atom is -0.463 e. The monoisotopic (exact) mass is 261 g/mol. The molecule has 1 rings (SSSR count). The standard InChI is InChI=1S/C15H28O3/c1-2-3-4-5-6-7-8-9-10-11-15(16)18-13-14-12-17-14/h14H,2-13H2,1H3/i12D2,13D2,14D. The lowest BCUT2D eigenvalue weighted by atomic mass is 10.1. The van der Waals surface area contributed by atoms with Crippen LogP contribution >= 0.6 is 0 Å². The van der Waals surface area contributed by atoms with E-state index >= 15 is 0 Å². The summed E-state index contributed by atoms with van der Waals surface area (Å²) in [5, 5.41) is 0. The van der Waals surface area contributed by atoms with Crippen molar-refractivity contribution in [1.29, 1.82) is 0 Å². The van der Waals surface area contributed by atoms with Crippen LogP contribution < -0.4 is 0 Å². The van der Waals surface area contributed by atoms with Crippen LogP contribution in [0.3, 0.4) is 0 Å². The molecule has 1 atom stereocenters. The summed E-state index contributed by atoms with van der Waals surface area (Å²) in [6.45, 7) is -3.02. The van der Waals surface area contributed by atoms with E-state index in [2.05, 4.69) is 16.4 Å². The molecule has 0 aromatic heterocycles. The normalized spacial score (nSPS) is 29.5. The first-order valence-electron chi connectivity index (χ1n) is 9.58. The molecule has 0 aromatic rings. The zero-order chi connectivity index (χ0) is 17.6. The molecular formula is C15H28O3. The van der Waals surface area contributed by atoms with Gasteiger partial charge in [0.05, 0.1) is 13.4 Å². The molecule has 18 heavy (non-hydrogen) atoms. The molecule has 0 saturated carbocycles. The van der Waals surface area contributed by atoms with Gasteiger partial charge in [-0.1, -0.05) is 58.3 Å². The molecule has 1 unspecified atom stereocenters. The third-order valence-electron chi connectivity index (χ3n) is 2.95. The summed E-state index contributed by atoms with van der Waals surface area (Å²) in [6.07, 6.45) is 7.56. The number of carbonyl (C=O) groups excluding carboxylic acids is 1. The third kappa shape index (κ3) is 9.46. The highest BCUT2D eigenvalue weighted by Crippen LogP contribution is 2.12. The van der Waals surface area contributed by atoms with E-state index in [1.807, 2.05) is 0 Å². The van der Waals surface area contributed by atoms with Crippen LogP contribution in [0.2, 0.25) is 0 Å². The van der Waals surface area contributed by atoms with Crippen molar-refractivity contribution in [1.82, 2.24) is 0 Å². The van der Waals surface area contributed by atoms with Crippen molar-refractivity contribution in [3.63, 3.8) is 0 Å². The summed E-state index contributed by atoms with van der Waals surface area (Å²) in [4.78, 5) is 11.6. The molecule has 0 spiro atoms. The fraction of sp³-hybridized carbons (Fsp3) is 0.933. The third-order valence-corrected chi connectivity index (χ3v) is 2.95. The number of epoxide rings is 1. The Labute approximate surface area is 118 Å². The van der Waals surface area contributed by atoms with Gasteiger partial charge in [-0.05, 0) is 6.42 Å². The minimum atomic E-state index is -2.78. The molecule has 1 aliphatic heterocycles. The predicted octanol–water partition coefficient (Wildman–Crippen LogP) is 3.85. The van der Waals surface area contributed by atoms with Crippen molar-refractivity contribution in [3.05, 3.63) is 0 Å². The molecule has 0 aromatic carbocycles. The molecule has 0 N–H and O–H groups in total. The molecule has 1 saturated heterocycles. The van der Waals surface area contributed by atoms with E-state index in [0.29, 0.717) is 6.42 Å². The molecule has 1 aliphatic rings. The van der Waals surface area contributed by atoms with E-state index in [1.54, 1.807) is 0 Å². The van der Waals surface area contributed by atoms with Crippen molar-refractivity contribution in [2.45, 2.75) is 77.2 Å². The molecule has 0 aliphatic carbocycles. The Morgan fingerprint density at radius 1 is 1.28 bits per heavy atom. The summed E-state index contributed by atoms with van der Waals surface area (Å²) < 4.78 is 46.0. The Morgan fingerprint density at radius 2 is 1.83 bits per heavy atom. The number of hydrogen-bond acceptors (Lipinski definition) is 3. The molecule has 0 bridgehead atoms. The maximum absolute atomic E-state index is 11.6. The van der Waals surface area contributed by atoms with Gasteiger partial charge in [-0.3, -0.25) is 4.79 Å². The molecule has 1 heterocycles. The molecule has 3 nitrogen and oxygen atoms in total. The van der Waals surface area contributed by atoms with Crippen LogP contribution in [0.1, 0.15) is 78.0 Å². The van der Waals surface area contributed by atoms with Crippen molar-refractivity contribution < 1.29 is 21.1 Å². The van der Waals surface area contributed by atoms with Crippen molar-refractivity contribution in [3.8, 4) is 0 Å². The molecule has 106 valence electrons. The topological polar surface area (TPSA) is 38.8 Å². The summed E-state index contributed by atoms with van der Waals surface area (Å²) in [5.74, 6) is -0.754. The van der Waals surface area contributed by atoms with E-state index in [4.69, 9.17) is 6.85 Å². The number of ether oxygens (including phenoxy) is 2. The van der Waals surface area contributed by atoms with Crippen LogP contribution in [0.25, 0.3) is 0 Å². The zero-order valence-electron chi connectivity index (χ0n) is 16.3. The fourth-order valence-corrected chi connectivity index (χ4v) is 1.80. The summed E-state index contributed by atoms with van der Waals surface area (Å²) >= 11 is 0. The lowest BCUT2D eigenvalue weighted by Gasteiger charge is -2.03. The highest BCUT2D eigenvalue weighted by atomic mass is 16.6. The Kier molecular flexibility index (Phi) is 5.38. The van der Waals surface area contributed by atoms with Gasteiger partial charge in [0.2, 0.25) is 0 Å². The van der Waals surface area contributed by atoms with Gasteiger partial charge in [0.15, 0.2) is 0 Å². The van der Waals surface area contributed by atoms with Crippen molar-refractivity contribution >= 4 is 5.97 Å². The van der Waals surface area contributed by atoms with Gasteiger partial charge in [0.1, 0.15) is 12.6 Å². The Balaban J connectivity index is 2.09. The highest BCUT2D eigenvalue weighted by Gasteiger charge is 2.23. The summed E-state index contributed by atoms with van der Waals surface area (Å²) in [6, 6.07) is 0. The van der Waals surface area contributed by atoms with E-state index in [1.165, 1.54) is 32.1 Å². The van der Waals surface area contributed by atoms with Gasteiger partial charge in [0.25, 0.3) is 0 Å². The predicted molar refractivity (Wildman–Crippen MR) is 72.5 cm³/mol. The molecule has 3 heteroatoms. The van der Waals surface area contributed by atoms with Crippen LogP contribution in [0.4, 0.5) is 0 Å². The van der Waals surface area contributed by atoms with Crippen LogP contribution in [0.15, 0.2) is 0 Å².